The lowest BCUT2D eigenvalue weighted by atomic mass is 10.1. The molecule has 0 bridgehead atoms. The van der Waals surface area contributed by atoms with Gasteiger partial charge in [-0.2, -0.15) is 5.10 Å². The molecule has 0 radical (unpaired) electrons. The Morgan fingerprint density at radius 2 is 2.21 bits per heavy atom. The topological polar surface area (TPSA) is 160 Å². The summed E-state index contributed by atoms with van der Waals surface area (Å²) in [6.45, 7) is 3.15. The van der Waals surface area contributed by atoms with Crippen molar-refractivity contribution >= 4 is 57.2 Å². The Labute approximate surface area is 175 Å². The third-order valence-corrected chi connectivity index (χ3v) is 4.60. The van der Waals surface area contributed by atoms with Gasteiger partial charge in [0.05, 0.1) is 15.5 Å². The fourth-order valence-corrected chi connectivity index (χ4v) is 2.99. The number of non-ortho nitro benzene ring substituents is 1. The zero-order chi connectivity index (χ0) is 21.4. The van der Waals surface area contributed by atoms with E-state index < -0.39 is 4.92 Å². The number of hydrazine groups is 2. The third kappa shape index (κ3) is 6.60. The molecule has 0 aliphatic carbocycles. The number of aryl methyl sites for hydroxylation is 1. The highest BCUT2D eigenvalue weighted by molar-refractivity contribution is 7.80. The molecule has 0 unspecified atom stereocenters. The molecule has 13 heteroatoms. The molecule has 6 N–H and O–H groups in total. The molecule has 0 aliphatic rings. The van der Waals surface area contributed by atoms with Crippen molar-refractivity contribution in [3.05, 3.63) is 56.6 Å². The first-order valence-corrected chi connectivity index (χ1v) is 9.30. The summed E-state index contributed by atoms with van der Waals surface area (Å²) in [5, 5.41) is 15.7. The number of hydrogen-bond donors (Lipinski definition) is 5. The van der Waals surface area contributed by atoms with Crippen LogP contribution in [0.1, 0.15) is 23.1 Å². The predicted molar refractivity (Wildman–Crippen MR) is 116 cm³/mol. The van der Waals surface area contributed by atoms with Crippen molar-refractivity contribution in [3.8, 4) is 0 Å². The molecule has 0 fully saturated rings. The van der Waals surface area contributed by atoms with Crippen LogP contribution in [0.25, 0.3) is 6.08 Å². The molecule has 152 valence electrons. The van der Waals surface area contributed by atoms with Gasteiger partial charge < -0.3 is 0 Å². The quantitative estimate of drug-likeness (QED) is 0.143. The van der Waals surface area contributed by atoms with E-state index in [4.69, 9.17) is 18.1 Å². The Hall–Kier alpha value is -3.42. The highest BCUT2D eigenvalue weighted by Crippen LogP contribution is 2.24. The number of anilines is 1. The lowest BCUT2D eigenvalue weighted by Crippen LogP contribution is -2.37. The van der Waals surface area contributed by atoms with E-state index in [2.05, 4.69) is 31.8 Å². The minimum absolute atomic E-state index is 0.0203. The van der Waals surface area contributed by atoms with Crippen molar-refractivity contribution in [1.82, 2.24) is 21.3 Å². The first-order chi connectivity index (χ1) is 13.8. The smallest absolute Gasteiger partial charge is 0.270 e. The Bertz CT molecular complexity index is 986. The SMILES string of the molecule is CC(=O)NNc1nc(C)c(C(/C=C\c2cccc([N+](=O)[O-])c2)=N/NC(=S)NN)s1. The number of benzene rings is 1. The molecule has 1 aromatic heterocycles. The van der Waals surface area contributed by atoms with Crippen LogP contribution >= 0.6 is 23.6 Å². The van der Waals surface area contributed by atoms with Gasteiger partial charge in [-0.15, -0.1) is 0 Å². The molecule has 0 atom stereocenters. The predicted octanol–water partition coefficient (Wildman–Crippen LogP) is 1.58. The summed E-state index contributed by atoms with van der Waals surface area (Å²) in [5.74, 6) is 4.98. The van der Waals surface area contributed by atoms with Gasteiger partial charge in [0.2, 0.25) is 16.2 Å². The highest BCUT2D eigenvalue weighted by Gasteiger charge is 2.13. The van der Waals surface area contributed by atoms with E-state index in [-0.39, 0.29) is 16.7 Å². The van der Waals surface area contributed by atoms with Gasteiger partial charge in [-0.1, -0.05) is 29.5 Å². The maximum atomic E-state index is 11.1. The van der Waals surface area contributed by atoms with E-state index in [9.17, 15) is 14.9 Å². The van der Waals surface area contributed by atoms with Gasteiger partial charge in [-0.3, -0.25) is 36.6 Å². The van der Waals surface area contributed by atoms with Crippen LogP contribution in [0.4, 0.5) is 10.8 Å². The molecule has 1 aromatic carbocycles. The first kappa shape index (κ1) is 21.9. The average Bonchev–Trinajstić information content (AvgIpc) is 3.06. The second kappa shape index (κ2) is 10.2. The molecule has 0 aliphatic heterocycles. The lowest BCUT2D eigenvalue weighted by Gasteiger charge is -2.04. The van der Waals surface area contributed by atoms with Crippen LogP contribution in [-0.2, 0) is 4.79 Å². The maximum absolute atomic E-state index is 11.1. The molecule has 1 heterocycles. The van der Waals surface area contributed by atoms with Crippen LogP contribution in [0.5, 0.6) is 0 Å². The number of thiocarbonyl (C=S) groups is 1. The number of nitrogens with zero attached hydrogens (tertiary/aromatic N) is 3. The number of thiazole rings is 1. The van der Waals surface area contributed by atoms with Crippen molar-refractivity contribution in [2.24, 2.45) is 10.9 Å². The Kier molecular flexibility index (Phi) is 7.70. The first-order valence-electron chi connectivity index (χ1n) is 8.07. The zero-order valence-electron chi connectivity index (χ0n) is 15.4. The summed E-state index contributed by atoms with van der Waals surface area (Å²) in [7, 11) is 0. The third-order valence-electron chi connectivity index (χ3n) is 3.30. The number of hydrogen-bond acceptors (Lipinski definition) is 9. The molecular formula is C16H18N8O3S2. The monoisotopic (exact) mass is 434 g/mol. The number of carbonyl (C=O) groups excluding carboxylic acids is 1. The number of allylic oxidation sites excluding steroid dienone is 1. The number of nitro groups is 1. The molecule has 0 spiro atoms. The molecule has 11 nitrogen and oxygen atoms in total. The molecule has 0 saturated carbocycles. The Morgan fingerprint density at radius 3 is 2.86 bits per heavy atom. The highest BCUT2D eigenvalue weighted by atomic mass is 32.1. The Morgan fingerprint density at radius 1 is 1.45 bits per heavy atom. The Balaban J connectivity index is 2.35. The van der Waals surface area contributed by atoms with E-state index in [1.165, 1.54) is 30.4 Å². The lowest BCUT2D eigenvalue weighted by molar-refractivity contribution is -0.384. The minimum Gasteiger partial charge on any atom is -0.300 e. The van der Waals surface area contributed by atoms with Crippen LogP contribution in [0, 0.1) is 17.0 Å². The van der Waals surface area contributed by atoms with Crippen LogP contribution in [0.15, 0.2) is 35.4 Å². The number of amides is 1. The van der Waals surface area contributed by atoms with Crippen molar-refractivity contribution in [1.29, 1.82) is 0 Å². The number of nitrogens with two attached hydrogens (primary N) is 1. The van der Waals surface area contributed by atoms with Gasteiger partial charge in [-0.25, -0.2) is 10.8 Å². The second-order valence-electron chi connectivity index (χ2n) is 5.51. The van der Waals surface area contributed by atoms with Gasteiger partial charge >= 0.3 is 0 Å². The van der Waals surface area contributed by atoms with E-state index in [0.29, 0.717) is 27.0 Å². The number of rotatable bonds is 7. The summed E-state index contributed by atoms with van der Waals surface area (Å²) in [5.41, 5.74) is 11.7. The maximum Gasteiger partial charge on any atom is 0.270 e. The number of aromatic nitrogens is 1. The van der Waals surface area contributed by atoms with Crippen LogP contribution in [0.3, 0.4) is 0 Å². The molecule has 0 saturated heterocycles. The van der Waals surface area contributed by atoms with Crippen LogP contribution in [-0.4, -0.2) is 26.6 Å². The number of nitro benzene ring substituents is 1. The second-order valence-corrected chi connectivity index (χ2v) is 6.91. The van der Waals surface area contributed by atoms with Gasteiger partial charge in [0.25, 0.3) is 5.69 Å². The van der Waals surface area contributed by atoms with Crippen molar-refractivity contribution < 1.29 is 9.72 Å². The molecule has 2 rings (SSSR count). The summed E-state index contributed by atoms with van der Waals surface area (Å²) in [6, 6.07) is 6.17. The summed E-state index contributed by atoms with van der Waals surface area (Å²) >= 11 is 6.18. The van der Waals surface area contributed by atoms with Gasteiger partial charge in [0.1, 0.15) is 5.71 Å². The molecular weight excluding hydrogens is 416 g/mol. The van der Waals surface area contributed by atoms with Crippen molar-refractivity contribution in [2.75, 3.05) is 5.43 Å². The minimum atomic E-state index is -0.466. The standard InChI is InChI=1S/C16H18N8O3S2/c1-9-14(29-16(18-9)23-20-10(2)25)13(21-22-15(28)19-17)7-6-11-4-3-5-12(8-11)24(26)27/h3-8H,17H2,1-2H3,(H,18,23)(H,20,25)(H2,19,22,28)/b7-6-,21-13+. The van der Waals surface area contributed by atoms with Gasteiger partial charge in [0.15, 0.2) is 0 Å². The van der Waals surface area contributed by atoms with Crippen molar-refractivity contribution in [2.45, 2.75) is 13.8 Å². The van der Waals surface area contributed by atoms with E-state index in [1.807, 2.05) is 0 Å². The summed E-state index contributed by atoms with van der Waals surface area (Å²) in [4.78, 5) is 26.6. The van der Waals surface area contributed by atoms with Crippen LogP contribution < -0.4 is 27.5 Å². The number of nitrogens with one attached hydrogen (secondary N) is 4. The van der Waals surface area contributed by atoms with E-state index in [0.717, 1.165) is 0 Å². The average molecular weight is 435 g/mol. The summed E-state index contributed by atoms with van der Waals surface area (Å²) < 4.78 is 0. The summed E-state index contributed by atoms with van der Waals surface area (Å²) in [6.07, 6.45) is 3.33. The zero-order valence-corrected chi connectivity index (χ0v) is 17.1. The number of carbonyl (C=O) groups is 1. The van der Waals surface area contributed by atoms with Crippen molar-refractivity contribution in [3.63, 3.8) is 0 Å². The fourth-order valence-electron chi connectivity index (χ4n) is 2.05. The van der Waals surface area contributed by atoms with E-state index in [1.54, 1.807) is 31.2 Å². The van der Waals surface area contributed by atoms with Gasteiger partial charge in [-0.05, 0) is 30.8 Å². The molecule has 1 amide bonds. The number of hydrazone groups is 1. The van der Waals surface area contributed by atoms with E-state index >= 15 is 0 Å². The van der Waals surface area contributed by atoms with Crippen LogP contribution in [0.2, 0.25) is 0 Å². The normalized spacial score (nSPS) is 11.2. The largest absolute Gasteiger partial charge is 0.300 e. The fraction of sp³-hybridized carbons (Fsp3) is 0.125. The molecule has 2 aromatic rings. The van der Waals surface area contributed by atoms with Gasteiger partial charge in [0, 0.05) is 19.1 Å². The molecule has 29 heavy (non-hydrogen) atoms.